The van der Waals surface area contributed by atoms with Crippen LogP contribution in [-0.2, 0) is 6.61 Å². The van der Waals surface area contributed by atoms with Crippen molar-refractivity contribution in [2.45, 2.75) is 25.5 Å². The van der Waals surface area contributed by atoms with Crippen LogP contribution >= 0.6 is 0 Å². The highest BCUT2D eigenvalue weighted by atomic mass is 16.5. The van der Waals surface area contributed by atoms with Crippen LogP contribution in [0.1, 0.15) is 40.6 Å². The molecule has 0 radical (unpaired) electrons. The predicted octanol–water partition coefficient (Wildman–Crippen LogP) is 4.43. The summed E-state index contributed by atoms with van der Waals surface area (Å²) in [6.07, 6.45) is 4.03. The number of carbonyl (C=O) groups excluding carboxylic acids is 1. The second-order valence-corrected chi connectivity index (χ2v) is 7.62. The van der Waals surface area contributed by atoms with E-state index in [1.165, 1.54) is 12.8 Å². The summed E-state index contributed by atoms with van der Waals surface area (Å²) in [7, 11) is 1.58. The molecule has 1 aliphatic rings. The molecule has 1 amide bonds. The monoisotopic (exact) mass is 420 g/mol. The lowest BCUT2D eigenvalue weighted by Gasteiger charge is -2.26. The van der Waals surface area contributed by atoms with E-state index < -0.39 is 0 Å². The van der Waals surface area contributed by atoms with Gasteiger partial charge < -0.3 is 19.2 Å². The van der Waals surface area contributed by atoms with Crippen LogP contribution < -0.4 is 14.8 Å². The molecule has 1 aromatic heterocycles. The lowest BCUT2D eigenvalue weighted by Crippen LogP contribution is -2.36. The fraction of sp³-hybridized carbons (Fsp3) is 0.320. The second kappa shape index (κ2) is 10.2. The minimum atomic E-state index is -0.149. The summed E-state index contributed by atoms with van der Waals surface area (Å²) in [5.74, 6) is 1.87. The van der Waals surface area contributed by atoms with Gasteiger partial charge in [0, 0.05) is 12.1 Å². The van der Waals surface area contributed by atoms with Gasteiger partial charge in [-0.3, -0.25) is 9.69 Å². The molecule has 3 aromatic rings. The van der Waals surface area contributed by atoms with E-state index >= 15 is 0 Å². The third-order valence-electron chi connectivity index (χ3n) is 5.57. The molecule has 1 fully saturated rings. The number of amides is 1. The zero-order valence-corrected chi connectivity index (χ0v) is 17.8. The maximum Gasteiger partial charge on any atom is 0.251 e. The summed E-state index contributed by atoms with van der Waals surface area (Å²) in [6.45, 7) is 2.95. The van der Waals surface area contributed by atoms with Crippen molar-refractivity contribution in [3.8, 4) is 11.5 Å². The fourth-order valence-corrected chi connectivity index (χ4v) is 3.90. The number of nitrogens with zero attached hydrogens (tertiary/aromatic N) is 1. The van der Waals surface area contributed by atoms with Crippen molar-refractivity contribution >= 4 is 5.91 Å². The first kappa shape index (κ1) is 21.0. The van der Waals surface area contributed by atoms with Gasteiger partial charge in [0.25, 0.3) is 5.91 Å². The van der Waals surface area contributed by atoms with E-state index in [9.17, 15) is 4.79 Å². The Kier molecular flexibility index (Phi) is 6.89. The summed E-state index contributed by atoms with van der Waals surface area (Å²) < 4.78 is 17.0. The molecule has 4 rings (SSSR count). The van der Waals surface area contributed by atoms with Crippen molar-refractivity contribution in [2.75, 3.05) is 26.7 Å². The van der Waals surface area contributed by atoms with Crippen LogP contribution in [0.5, 0.6) is 11.5 Å². The van der Waals surface area contributed by atoms with E-state index in [1.54, 1.807) is 31.6 Å². The van der Waals surface area contributed by atoms with Gasteiger partial charge in [0.05, 0.1) is 19.4 Å². The molecule has 0 aliphatic carbocycles. The van der Waals surface area contributed by atoms with E-state index in [1.807, 2.05) is 42.5 Å². The lowest BCUT2D eigenvalue weighted by molar-refractivity contribution is 0.0933. The van der Waals surface area contributed by atoms with Gasteiger partial charge in [0.2, 0.25) is 0 Å². The molecule has 0 unspecified atom stereocenters. The molecule has 1 N–H and O–H groups in total. The Morgan fingerprint density at radius 1 is 1.06 bits per heavy atom. The number of benzene rings is 2. The summed E-state index contributed by atoms with van der Waals surface area (Å²) in [5, 5.41) is 3.06. The van der Waals surface area contributed by atoms with Crippen LogP contribution in [0.15, 0.2) is 71.3 Å². The number of furan rings is 1. The highest BCUT2D eigenvalue weighted by molar-refractivity contribution is 5.94. The number of ether oxygens (including phenoxy) is 2. The van der Waals surface area contributed by atoms with E-state index in [-0.39, 0.29) is 11.9 Å². The first-order chi connectivity index (χ1) is 15.2. The van der Waals surface area contributed by atoms with Gasteiger partial charge in [-0.1, -0.05) is 30.3 Å². The number of hydrogen-bond donors (Lipinski definition) is 1. The van der Waals surface area contributed by atoms with Gasteiger partial charge in [-0.25, -0.2) is 0 Å². The SMILES string of the molecule is COc1cc(C(=O)NC[C@@H](c2ccco2)N2CCCC2)ccc1OCc1ccccc1. The molecule has 1 aliphatic heterocycles. The zero-order valence-electron chi connectivity index (χ0n) is 17.8. The van der Waals surface area contributed by atoms with E-state index in [0.717, 1.165) is 24.4 Å². The molecule has 6 nitrogen and oxygen atoms in total. The van der Waals surface area contributed by atoms with Crippen LogP contribution in [-0.4, -0.2) is 37.6 Å². The number of carbonyl (C=O) groups is 1. The zero-order chi connectivity index (χ0) is 21.5. The average Bonchev–Trinajstić information content (AvgIpc) is 3.53. The number of nitrogens with one attached hydrogen (secondary N) is 1. The molecule has 2 heterocycles. The Bertz CT molecular complexity index is 966. The van der Waals surface area contributed by atoms with Crippen LogP contribution in [0, 0.1) is 0 Å². The number of rotatable bonds is 9. The highest BCUT2D eigenvalue weighted by Crippen LogP contribution is 2.29. The topological polar surface area (TPSA) is 63.9 Å². The van der Waals surface area contributed by atoms with Crippen molar-refractivity contribution in [1.29, 1.82) is 0 Å². The van der Waals surface area contributed by atoms with Gasteiger partial charge in [-0.05, 0) is 61.8 Å². The Morgan fingerprint density at radius 3 is 2.58 bits per heavy atom. The third-order valence-corrected chi connectivity index (χ3v) is 5.57. The first-order valence-corrected chi connectivity index (χ1v) is 10.6. The first-order valence-electron chi connectivity index (χ1n) is 10.6. The number of likely N-dealkylation sites (tertiary alicyclic amines) is 1. The maximum atomic E-state index is 12.8. The quantitative estimate of drug-likeness (QED) is 0.555. The van der Waals surface area contributed by atoms with E-state index in [2.05, 4.69) is 10.2 Å². The van der Waals surface area contributed by atoms with Crippen LogP contribution in [0.2, 0.25) is 0 Å². The largest absolute Gasteiger partial charge is 0.493 e. The standard InChI is InChI=1S/C25H28N2O4/c1-29-24-16-20(11-12-23(24)31-18-19-8-3-2-4-9-19)25(28)26-17-21(22-10-7-15-30-22)27-13-5-6-14-27/h2-4,7-12,15-16,21H,5-6,13-14,17-18H2,1H3,(H,26,28)/t21-/m0/s1. The van der Waals surface area contributed by atoms with Crippen molar-refractivity contribution in [3.05, 3.63) is 83.8 Å². The van der Waals surface area contributed by atoms with Crippen LogP contribution in [0.3, 0.4) is 0 Å². The molecule has 162 valence electrons. The van der Waals surface area contributed by atoms with Crippen molar-refractivity contribution in [1.82, 2.24) is 10.2 Å². The Morgan fingerprint density at radius 2 is 1.87 bits per heavy atom. The van der Waals surface area contributed by atoms with Crippen molar-refractivity contribution < 1.29 is 18.7 Å². The molecular weight excluding hydrogens is 392 g/mol. The summed E-state index contributed by atoms with van der Waals surface area (Å²) in [5.41, 5.74) is 1.60. The van der Waals surface area contributed by atoms with Gasteiger partial charge >= 0.3 is 0 Å². The predicted molar refractivity (Wildman–Crippen MR) is 118 cm³/mol. The fourth-order valence-electron chi connectivity index (χ4n) is 3.90. The lowest BCUT2D eigenvalue weighted by atomic mass is 10.1. The van der Waals surface area contributed by atoms with E-state index in [4.69, 9.17) is 13.9 Å². The van der Waals surface area contributed by atoms with Crippen LogP contribution in [0.4, 0.5) is 0 Å². The van der Waals surface area contributed by atoms with E-state index in [0.29, 0.717) is 30.2 Å². The molecule has 0 spiro atoms. The molecule has 0 saturated carbocycles. The summed E-state index contributed by atoms with van der Waals surface area (Å²) in [6, 6.07) is 19.1. The Hall–Kier alpha value is -3.25. The molecule has 1 saturated heterocycles. The number of hydrogen-bond acceptors (Lipinski definition) is 5. The van der Waals surface area contributed by atoms with Crippen LogP contribution in [0.25, 0.3) is 0 Å². The third kappa shape index (κ3) is 5.27. The highest BCUT2D eigenvalue weighted by Gasteiger charge is 2.26. The number of methoxy groups -OCH3 is 1. The molecular formula is C25H28N2O4. The average molecular weight is 421 g/mol. The van der Waals surface area contributed by atoms with Crippen molar-refractivity contribution in [2.24, 2.45) is 0 Å². The molecule has 6 heteroatoms. The Labute approximate surface area is 182 Å². The molecule has 1 atom stereocenters. The molecule has 0 bridgehead atoms. The molecule has 31 heavy (non-hydrogen) atoms. The minimum absolute atomic E-state index is 0.0387. The second-order valence-electron chi connectivity index (χ2n) is 7.62. The van der Waals surface area contributed by atoms with Gasteiger partial charge in [-0.2, -0.15) is 0 Å². The van der Waals surface area contributed by atoms with Gasteiger partial charge in [0.1, 0.15) is 12.4 Å². The molecule has 2 aromatic carbocycles. The minimum Gasteiger partial charge on any atom is -0.493 e. The van der Waals surface area contributed by atoms with Gasteiger partial charge in [0.15, 0.2) is 11.5 Å². The van der Waals surface area contributed by atoms with Gasteiger partial charge in [-0.15, -0.1) is 0 Å². The Balaban J connectivity index is 1.40. The van der Waals surface area contributed by atoms with Crippen molar-refractivity contribution in [3.63, 3.8) is 0 Å². The summed E-state index contributed by atoms with van der Waals surface area (Å²) in [4.78, 5) is 15.2. The normalized spacial score (nSPS) is 14.9. The summed E-state index contributed by atoms with van der Waals surface area (Å²) >= 11 is 0. The maximum absolute atomic E-state index is 12.8. The smallest absolute Gasteiger partial charge is 0.251 e.